The van der Waals surface area contributed by atoms with Gasteiger partial charge in [-0.2, -0.15) is 0 Å². The molecule has 0 spiro atoms. The fraction of sp³-hybridized carbons (Fsp3) is 0.600. The Morgan fingerprint density at radius 3 is 2.47 bits per heavy atom. The lowest BCUT2D eigenvalue weighted by Gasteiger charge is -2.34. The van der Waals surface area contributed by atoms with E-state index in [1.807, 2.05) is 18.2 Å². The van der Waals surface area contributed by atoms with Crippen LogP contribution in [0.2, 0.25) is 0 Å². The van der Waals surface area contributed by atoms with E-state index in [1.165, 1.54) is 19.3 Å². The molecule has 0 saturated carbocycles. The van der Waals surface area contributed by atoms with E-state index in [-0.39, 0.29) is 12.6 Å². The molecule has 1 aromatic carbocycles. The smallest absolute Gasteiger partial charge is 0.127 e. The number of methoxy groups -OCH3 is 2. The molecule has 1 unspecified atom stereocenters. The number of hydrogen-bond acceptors (Lipinski definition) is 4. The van der Waals surface area contributed by atoms with Crippen LogP contribution >= 0.6 is 0 Å². The highest BCUT2D eigenvalue weighted by atomic mass is 16.5. The van der Waals surface area contributed by atoms with E-state index >= 15 is 0 Å². The predicted molar refractivity (Wildman–Crippen MR) is 74.8 cm³/mol. The van der Waals surface area contributed by atoms with Crippen molar-refractivity contribution in [2.75, 3.05) is 33.9 Å². The Morgan fingerprint density at radius 1 is 1.16 bits per heavy atom. The minimum absolute atomic E-state index is 0.0150. The van der Waals surface area contributed by atoms with Gasteiger partial charge in [0.05, 0.1) is 26.9 Å². The molecule has 1 aliphatic heterocycles. The quantitative estimate of drug-likeness (QED) is 0.886. The van der Waals surface area contributed by atoms with Crippen molar-refractivity contribution in [1.29, 1.82) is 0 Å². The van der Waals surface area contributed by atoms with Crippen molar-refractivity contribution in [3.8, 4) is 11.5 Å². The fourth-order valence-electron chi connectivity index (χ4n) is 2.73. The third-order valence-electron chi connectivity index (χ3n) is 3.80. The summed E-state index contributed by atoms with van der Waals surface area (Å²) in [5, 5.41) is 9.75. The SMILES string of the molecule is COc1ccc(C(CO)N2CCCCC2)c(OC)c1. The minimum atomic E-state index is 0.0150. The zero-order chi connectivity index (χ0) is 13.7. The summed E-state index contributed by atoms with van der Waals surface area (Å²) >= 11 is 0. The van der Waals surface area contributed by atoms with E-state index in [2.05, 4.69) is 4.90 Å². The lowest BCUT2D eigenvalue weighted by molar-refractivity contribution is 0.102. The highest BCUT2D eigenvalue weighted by Gasteiger charge is 2.24. The van der Waals surface area contributed by atoms with Crippen LogP contribution in [0.15, 0.2) is 18.2 Å². The Bertz CT molecular complexity index is 402. The molecule has 1 heterocycles. The Morgan fingerprint density at radius 2 is 1.89 bits per heavy atom. The monoisotopic (exact) mass is 265 g/mol. The first-order valence-electron chi connectivity index (χ1n) is 6.87. The topological polar surface area (TPSA) is 41.9 Å². The molecule has 1 atom stereocenters. The lowest BCUT2D eigenvalue weighted by Crippen LogP contribution is -2.35. The van der Waals surface area contributed by atoms with Crippen LogP contribution < -0.4 is 9.47 Å². The number of piperidine rings is 1. The van der Waals surface area contributed by atoms with Gasteiger partial charge in [0.15, 0.2) is 0 Å². The molecule has 0 radical (unpaired) electrons. The number of aliphatic hydroxyl groups excluding tert-OH is 1. The number of benzene rings is 1. The van der Waals surface area contributed by atoms with Gasteiger partial charge in [-0.25, -0.2) is 0 Å². The summed E-state index contributed by atoms with van der Waals surface area (Å²) in [4.78, 5) is 2.34. The van der Waals surface area contributed by atoms with Crippen molar-refractivity contribution < 1.29 is 14.6 Å². The van der Waals surface area contributed by atoms with E-state index in [4.69, 9.17) is 9.47 Å². The lowest BCUT2D eigenvalue weighted by atomic mass is 10.0. The summed E-state index contributed by atoms with van der Waals surface area (Å²) in [5.74, 6) is 1.56. The zero-order valence-corrected chi connectivity index (χ0v) is 11.8. The molecule has 106 valence electrons. The summed E-state index contributed by atoms with van der Waals surface area (Å²) in [5.41, 5.74) is 1.03. The number of hydrogen-bond donors (Lipinski definition) is 1. The summed E-state index contributed by atoms with van der Waals surface area (Å²) in [6.45, 7) is 2.20. The van der Waals surface area contributed by atoms with Gasteiger partial charge in [0.2, 0.25) is 0 Å². The highest BCUT2D eigenvalue weighted by molar-refractivity contribution is 5.42. The molecule has 1 aromatic rings. The Kier molecular flexibility index (Phi) is 5.05. The average Bonchev–Trinajstić information content (AvgIpc) is 2.49. The van der Waals surface area contributed by atoms with Crippen LogP contribution in [-0.4, -0.2) is 43.9 Å². The molecule has 1 fully saturated rings. The largest absolute Gasteiger partial charge is 0.497 e. The predicted octanol–water partition coefficient (Wildman–Crippen LogP) is 2.22. The number of rotatable bonds is 5. The van der Waals surface area contributed by atoms with Crippen LogP contribution in [0.4, 0.5) is 0 Å². The summed E-state index contributed by atoms with van der Waals surface area (Å²) < 4.78 is 10.7. The van der Waals surface area contributed by atoms with Gasteiger partial charge in [0.1, 0.15) is 11.5 Å². The molecular formula is C15H23NO3. The van der Waals surface area contributed by atoms with E-state index < -0.39 is 0 Å². The van der Waals surface area contributed by atoms with E-state index in [0.717, 1.165) is 30.2 Å². The van der Waals surface area contributed by atoms with Crippen molar-refractivity contribution in [2.45, 2.75) is 25.3 Å². The molecule has 2 rings (SSSR count). The first kappa shape index (κ1) is 14.2. The molecular weight excluding hydrogens is 242 g/mol. The van der Waals surface area contributed by atoms with Gasteiger partial charge >= 0.3 is 0 Å². The molecule has 0 amide bonds. The van der Waals surface area contributed by atoms with Crippen molar-refractivity contribution in [3.05, 3.63) is 23.8 Å². The molecule has 4 nitrogen and oxygen atoms in total. The standard InChI is InChI=1S/C15H23NO3/c1-18-12-6-7-13(15(10-12)19-2)14(11-17)16-8-4-3-5-9-16/h6-7,10,14,17H,3-5,8-9,11H2,1-2H3. The second-order valence-corrected chi connectivity index (χ2v) is 4.90. The number of likely N-dealkylation sites (tertiary alicyclic amines) is 1. The molecule has 1 aliphatic rings. The normalized spacial score (nSPS) is 18.1. The first-order valence-corrected chi connectivity index (χ1v) is 6.87. The summed E-state index contributed by atoms with van der Waals surface area (Å²) in [6.07, 6.45) is 3.69. The molecule has 4 heteroatoms. The van der Waals surface area contributed by atoms with Gasteiger partial charge in [-0.1, -0.05) is 6.42 Å². The second-order valence-electron chi connectivity index (χ2n) is 4.90. The van der Waals surface area contributed by atoms with Crippen LogP contribution in [0.1, 0.15) is 30.9 Å². The van der Waals surface area contributed by atoms with Gasteiger partial charge in [-0.3, -0.25) is 4.90 Å². The highest BCUT2D eigenvalue weighted by Crippen LogP contribution is 2.33. The van der Waals surface area contributed by atoms with Crippen LogP contribution in [0.25, 0.3) is 0 Å². The third-order valence-corrected chi connectivity index (χ3v) is 3.80. The van der Waals surface area contributed by atoms with Crippen LogP contribution in [0.5, 0.6) is 11.5 Å². The maximum absolute atomic E-state index is 9.75. The van der Waals surface area contributed by atoms with Gasteiger partial charge in [-0.15, -0.1) is 0 Å². The molecule has 0 aliphatic carbocycles. The van der Waals surface area contributed by atoms with E-state index in [0.29, 0.717) is 0 Å². The first-order chi connectivity index (χ1) is 9.30. The van der Waals surface area contributed by atoms with Crippen molar-refractivity contribution in [3.63, 3.8) is 0 Å². The molecule has 19 heavy (non-hydrogen) atoms. The van der Waals surface area contributed by atoms with Gasteiger partial charge in [0.25, 0.3) is 0 Å². The van der Waals surface area contributed by atoms with Crippen LogP contribution in [0.3, 0.4) is 0 Å². The minimum Gasteiger partial charge on any atom is -0.497 e. The number of nitrogens with zero attached hydrogens (tertiary/aromatic N) is 1. The number of aliphatic hydroxyl groups is 1. The van der Waals surface area contributed by atoms with E-state index in [1.54, 1.807) is 14.2 Å². The van der Waals surface area contributed by atoms with E-state index in [9.17, 15) is 5.11 Å². The van der Waals surface area contributed by atoms with Crippen LogP contribution in [0, 0.1) is 0 Å². The fourth-order valence-corrected chi connectivity index (χ4v) is 2.73. The maximum atomic E-state index is 9.75. The Balaban J connectivity index is 2.26. The molecule has 1 N–H and O–H groups in total. The van der Waals surface area contributed by atoms with Crippen molar-refractivity contribution in [2.24, 2.45) is 0 Å². The average molecular weight is 265 g/mol. The van der Waals surface area contributed by atoms with Crippen molar-refractivity contribution >= 4 is 0 Å². The van der Waals surface area contributed by atoms with Crippen LogP contribution in [-0.2, 0) is 0 Å². The summed E-state index contributed by atoms with van der Waals surface area (Å²) in [6, 6.07) is 5.81. The number of ether oxygens (including phenoxy) is 2. The zero-order valence-electron chi connectivity index (χ0n) is 11.8. The third kappa shape index (κ3) is 3.19. The maximum Gasteiger partial charge on any atom is 0.127 e. The molecule has 0 bridgehead atoms. The molecule has 1 saturated heterocycles. The Hall–Kier alpha value is -1.26. The van der Waals surface area contributed by atoms with Gasteiger partial charge in [0, 0.05) is 11.6 Å². The summed E-state index contributed by atoms with van der Waals surface area (Å²) in [7, 11) is 3.30. The van der Waals surface area contributed by atoms with Crippen molar-refractivity contribution in [1.82, 2.24) is 4.90 Å². The molecule has 0 aromatic heterocycles. The second kappa shape index (κ2) is 6.78. The van der Waals surface area contributed by atoms with Gasteiger partial charge < -0.3 is 14.6 Å². The van der Waals surface area contributed by atoms with Gasteiger partial charge in [-0.05, 0) is 38.1 Å². The Labute approximate surface area is 114 Å².